The molecule has 0 aliphatic carbocycles. The lowest BCUT2D eigenvalue weighted by Gasteiger charge is -2.24. The highest BCUT2D eigenvalue weighted by molar-refractivity contribution is 6.00. The molecule has 0 bridgehead atoms. The first-order valence-corrected chi connectivity index (χ1v) is 13.1. The van der Waals surface area contributed by atoms with Crippen LogP contribution in [0, 0.1) is 5.82 Å². The molecule has 41 heavy (non-hydrogen) atoms. The van der Waals surface area contributed by atoms with Gasteiger partial charge in [0.1, 0.15) is 11.5 Å². The molecule has 12 nitrogen and oxygen atoms in total. The summed E-state index contributed by atoms with van der Waals surface area (Å²) in [6.07, 6.45) is 4.44. The topological polar surface area (TPSA) is 128 Å². The molecule has 2 amide bonds. The average molecular weight is 565 g/mol. The zero-order valence-corrected chi connectivity index (χ0v) is 24.0. The second kappa shape index (κ2) is 10.2. The van der Waals surface area contributed by atoms with E-state index in [1.165, 1.54) is 29.0 Å². The fourth-order valence-corrected chi connectivity index (χ4v) is 4.43. The number of pyridine rings is 1. The van der Waals surface area contributed by atoms with Gasteiger partial charge in [-0.25, -0.2) is 14.2 Å². The molecule has 1 unspecified atom stereocenters. The molecule has 4 heterocycles. The van der Waals surface area contributed by atoms with Crippen molar-refractivity contribution >= 4 is 34.4 Å². The van der Waals surface area contributed by atoms with Crippen molar-refractivity contribution < 1.29 is 18.7 Å². The van der Waals surface area contributed by atoms with Crippen molar-refractivity contribution in [2.45, 2.75) is 52.2 Å². The molecule has 13 heteroatoms. The minimum atomic E-state index is -0.712. The van der Waals surface area contributed by atoms with E-state index in [0.29, 0.717) is 40.4 Å². The molecular formula is C28H33FN8O4. The summed E-state index contributed by atoms with van der Waals surface area (Å²) in [6.45, 7) is 9.95. The number of halogens is 1. The molecule has 1 aromatic carbocycles. The van der Waals surface area contributed by atoms with E-state index in [1.807, 2.05) is 34.6 Å². The number of likely N-dealkylation sites (N-methyl/N-ethyl adjacent to an activating group) is 1. The van der Waals surface area contributed by atoms with Gasteiger partial charge in [-0.3, -0.25) is 14.0 Å². The summed E-state index contributed by atoms with van der Waals surface area (Å²) >= 11 is 0. The number of hydrogen-bond acceptors (Lipinski definition) is 8. The van der Waals surface area contributed by atoms with Crippen LogP contribution in [0.3, 0.4) is 0 Å². The van der Waals surface area contributed by atoms with Crippen LogP contribution in [0.5, 0.6) is 0 Å². The zero-order chi connectivity index (χ0) is 29.7. The van der Waals surface area contributed by atoms with Crippen molar-refractivity contribution in [1.82, 2.24) is 24.3 Å². The van der Waals surface area contributed by atoms with Gasteiger partial charge >= 0.3 is 6.03 Å². The Balaban J connectivity index is 1.40. The summed E-state index contributed by atoms with van der Waals surface area (Å²) < 4.78 is 29.3. The Morgan fingerprint density at radius 1 is 1.20 bits per heavy atom. The fourth-order valence-electron chi connectivity index (χ4n) is 4.43. The lowest BCUT2D eigenvalue weighted by Crippen LogP contribution is -2.36. The van der Waals surface area contributed by atoms with Crippen LogP contribution in [0.4, 0.5) is 26.5 Å². The van der Waals surface area contributed by atoms with Gasteiger partial charge in [0.25, 0.3) is 5.56 Å². The minimum absolute atomic E-state index is 0.0831. The highest BCUT2D eigenvalue weighted by atomic mass is 19.1. The molecule has 1 aliphatic rings. The van der Waals surface area contributed by atoms with E-state index in [2.05, 4.69) is 25.7 Å². The van der Waals surface area contributed by atoms with Crippen molar-refractivity contribution in [3.63, 3.8) is 0 Å². The zero-order valence-electron chi connectivity index (χ0n) is 24.0. The van der Waals surface area contributed by atoms with Crippen LogP contribution in [0.15, 0.2) is 47.7 Å². The number of carbonyl (C=O) groups excluding carboxylic acids is 1. The molecule has 4 aromatic rings. The number of rotatable bonds is 5. The standard InChI is InChI=1S/C28H33FN8O4/c1-27(2,3)37-14-18(13-31-37)32-26(39)33-21-11-16(8-9-20(21)29)19-10-17-12-30-25(34-23(17)36(7)24(19)38)35(6)22-15-40-28(4,5)41-22/h8-14,22H,15H2,1-7H3,(H2,32,33,39). The number of nitrogens with one attached hydrogen (secondary N) is 2. The number of ether oxygens (including phenoxy) is 2. The Morgan fingerprint density at radius 3 is 2.61 bits per heavy atom. The van der Waals surface area contributed by atoms with Crippen LogP contribution in [0.1, 0.15) is 34.6 Å². The van der Waals surface area contributed by atoms with E-state index >= 15 is 0 Å². The van der Waals surface area contributed by atoms with E-state index in [-0.39, 0.29) is 23.0 Å². The fraction of sp³-hybridized carbons (Fsp3) is 0.393. The molecule has 2 N–H and O–H groups in total. The summed E-state index contributed by atoms with van der Waals surface area (Å²) in [7, 11) is 3.40. The lowest BCUT2D eigenvalue weighted by molar-refractivity contribution is -0.137. The monoisotopic (exact) mass is 564 g/mol. The van der Waals surface area contributed by atoms with Gasteiger partial charge in [0.15, 0.2) is 12.0 Å². The quantitative estimate of drug-likeness (QED) is 0.368. The van der Waals surface area contributed by atoms with Crippen LogP contribution < -0.4 is 21.1 Å². The highest BCUT2D eigenvalue weighted by Crippen LogP contribution is 2.28. The lowest BCUT2D eigenvalue weighted by atomic mass is 10.1. The summed E-state index contributed by atoms with van der Waals surface area (Å²) in [5.74, 6) is -0.987. The molecule has 5 rings (SSSR count). The van der Waals surface area contributed by atoms with Gasteiger partial charge in [-0.2, -0.15) is 10.1 Å². The third-order valence-corrected chi connectivity index (χ3v) is 6.73. The Bertz CT molecular complexity index is 1690. The van der Waals surface area contributed by atoms with Crippen molar-refractivity contribution in [3.8, 4) is 11.1 Å². The Morgan fingerprint density at radius 2 is 1.95 bits per heavy atom. The maximum absolute atomic E-state index is 14.7. The van der Waals surface area contributed by atoms with Crippen molar-refractivity contribution in [1.29, 1.82) is 0 Å². The van der Waals surface area contributed by atoms with E-state index < -0.39 is 17.6 Å². The summed E-state index contributed by atoms with van der Waals surface area (Å²) in [6, 6.07) is 5.10. The van der Waals surface area contributed by atoms with Crippen molar-refractivity contribution in [2.75, 3.05) is 29.2 Å². The number of nitrogens with zero attached hydrogens (tertiary/aromatic N) is 6. The van der Waals surface area contributed by atoms with Gasteiger partial charge in [-0.15, -0.1) is 0 Å². The van der Waals surface area contributed by atoms with E-state index in [4.69, 9.17) is 9.47 Å². The number of aryl methyl sites for hydroxylation is 1. The summed E-state index contributed by atoms with van der Waals surface area (Å²) in [4.78, 5) is 36.8. The molecule has 3 aromatic heterocycles. The number of benzene rings is 1. The molecule has 1 atom stereocenters. The second-order valence-corrected chi connectivity index (χ2v) is 11.4. The van der Waals surface area contributed by atoms with Crippen molar-refractivity contribution in [2.24, 2.45) is 7.05 Å². The summed E-state index contributed by atoms with van der Waals surface area (Å²) in [5.41, 5.74) is 0.909. The third kappa shape index (κ3) is 5.77. The van der Waals surface area contributed by atoms with Crippen molar-refractivity contribution in [3.05, 3.63) is 59.0 Å². The minimum Gasteiger partial charge on any atom is -0.346 e. The number of amides is 2. The normalized spacial score (nSPS) is 16.6. The number of fused-ring (bicyclic) bond motifs is 1. The predicted octanol–water partition coefficient (Wildman–Crippen LogP) is 4.28. The van der Waals surface area contributed by atoms with Crippen LogP contribution in [0.25, 0.3) is 22.2 Å². The Hall–Kier alpha value is -4.36. The molecule has 1 fully saturated rings. The third-order valence-electron chi connectivity index (χ3n) is 6.73. The van der Waals surface area contributed by atoms with Crippen LogP contribution >= 0.6 is 0 Å². The average Bonchev–Trinajstić information content (AvgIpc) is 3.53. The molecule has 0 radical (unpaired) electrons. The van der Waals surface area contributed by atoms with E-state index in [0.717, 1.165) is 0 Å². The SMILES string of the molecule is CN(c1ncc2cc(-c3ccc(F)c(NC(=O)Nc4cnn(C(C)(C)C)c4)c3)c(=O)n(C)c2n1)C1COC(C)(C)O1. The number of hydrogen-bond donors (Lipinski definition) is 2. The maximum Gasteiger partial charge on any atom is 0.323 e. The molecule has 0 spiro atoms. The smallest absolute Gasteiger partial charge is 0.323 e. The van der Waals surface area contributed by atoms with Gasteiger partial charge in [-0.1, -0.05) is 6.07 Å². The predicted molar refractivity (Wildman–Crippen MR) is 153 cm³/mol. The van der Waals surface area contributed by atoms with Crippen LogP contribution in [-0.2, 0) is 22.1 Å². The number of aromatic nitrogens is 5. The number of carbonyl (C=O) groups is 1. The maximum atomic E-state index is 14.7. The molecule has 0 saturated carbocycles. The van der Waals surface area contributed by atoms with E-state index in [9.17, 15) is 14.0 Å². The van der Waals surface area contributed by atoms with Crippen LogP contribution in [0.2, 0.25) is 0 Å². The number of anilines is 3. The first-order valence-electron chi connectivity index (χ1n) is 13.1. The Labute approximate surface area is 236 Å². The molecule has 1 aliphatic heterocycles. The Kier molecular flexibility index (Phi) is 7.03. The molecule has 216 valence electrons. The first-order chi connectivity index (χ1) is 19.2. The number of urea groups is 1. The van der Waals surface area contributed by atoms with Crippen LogP contribution in [-0.4, -0.2) is 56.0 Å². The largest absolute Gasteiger partial charge is 0.346 e. The highest BCUT2D eigenvalue weighted by Gasteiger charge is 2.36. The summed E-state index contributed by atoms with van der Waals surface area (Å²) in [5, 5.41) is 10.0. The van der Waals surface area contributed by atoms with Gasteiger partial charge in [0, 0.05) is 37.4 Å². The van der Waals surface area contributed by atoms with Gasteiger partial charge in [-0.05, 0) is 58.4 Å². The first kappa shape index (κ1) is 28.2. The van der Waals surface area contributed by atoms with Gasteiger partial charge < -0.3 is 25.0 Å². The van der Waals surface area contributed by atoms with Gasteiger partial charge in [0.2, 0.25) is 5.95 Å². The van der Waals surface area contributed by atoms with E-state index in [1.54, 1.807) is 42.1 Å². The van der Waals surface area contributed by atoms with Gasteiger partial charge in [0.05, 0.1) is 29.7 Å². The molecular weight excluding hydrogens is 531 g/mol. The second-order valence-electron chi connectivity index (χ2n) is 11.4. The molecule has 1 saturated heterocycles.